The quantitative estimate of drug-likeness (QED) is 0.906. The lowest BCUT2D eigenvalue weighted by Gasteiger charge is -2.06. The summed E-state index contributed by atoms with van der Waals surface area (Å²) in [5, 5.41) is 9.64. The van der Waals surface area contributed by atoms with Crippen molar-refractivity contribution in [1.29, 1.82) is 0 Å². The third-order valence-electron chi connectivity index (χ3n) is 2.25. The molecule has 0 aliphatic carbocycles. The van der Waals surface area contributed by atoms with Crippen LogP contribution in [0.3, 0.4) is 0 Å². The number of ether oxygens (including phenoxy) is 1. The second-order valence-corrected chi connectivity index (χ2v) is 4.00. The van der Waals surface area contributed by atoms with Crippen LogP contribution in [-0.2, 0) is 13.2 Å². The molecule has 0 amide bonds. The molecule has 17 heavy (non-hydrogen) atoms. The van der Waals surface area contributed by atoms with E-state index in [1.165, 1.54) is 0 Å². The minimum absolute atomic E-state index is 0.00656. The number of hydrogen-bond donors (Lipinski definition) is 1. The fourth-order valence-electron chi connectivity index (χ4n) is 1.42. The van der Waals surface area contributed by atoms with Gasteiger partial charge in [-0.2, -0.15) is 0 Å². The molecule has 2 rings (SSSR count). The molecule has 1 heterocycles. The molecule has 0 bridgehead atoms. The van der Waals surface area contributed by atoms with Crippen LogP contribution >= 0.6 is 11.6 Å². The van der Waals surface area contributed by atoms with E-state index in [0.29, 0.717) is 17.4 Å². The molecular formula is C13H12ClNO2. The lowest BCUT2D eigenvalue weighted by atomic mass is 10.2. The molecule has 2 aromatic rings. The van der Waals surface area contributed by atoms with Gasteiger partial charge in [-0.25, -0.2) is 0 Å². The van der Waals surface area contributed by atoms with Crippen molar-refractivity contribution in [2.24, 2.45) is 0 Å². The Balaban J connectivity index is 2.02. The number of benzene rings is 1. The summed E-state index contributed by atoms with van der Waals surface area (Å²) in [7, 11) is 0. The maximum absolute atomic E-state index is 9.00. The Labute approximate surface area is 105 Å². The van der Waals surface area contributed by atoms with Crippen molar-refractivity contribution in [3.63, 3.8) is 0 Å². The van der Waals surface area contributed by atoms with Gasteiger partial charge in [0.25, 0.3) is 0 Å². The van der Waals surface area contributed by atoms with Crippen LogP contribution in [0, 0.1) is 0 Å². The lowest BCUT2D eigenvalue weighted by Crippen LogP contribution is -1.98. The largest absolute Gasteiger partial charge is 0.487 e. The maximum atomic E-state index is 9.00. The molecule has 0 saturated carbocycles. The highest BCUT2D eigenvalue weighted by atomic mass is 35.5. The van der Waals surface area contributed by atoms with E-state index in [4.69, 9.17) is 21.4 Å². The molecule has 0 fully saturated rings. The van der Waals surface area contributed by atoms with E-state index in [1.54, 1.807) is 24.4 Å². The zero-order valence-corrected chi connectivity index (χ0v) is 9.89. The van der Waals surface area contributed by atoms with Crippen LogP contribution in [0.15, 0.2) is 42.6 Å². The number of aliphatic hydroxyl groups excluding tert-OH is 1. The van der Waals surface area contributed by atoms with Gasteiger partial charge in [-0.3, -0.25) is 4.98 Å². The Kier molecular flexibility index (Phi) is 3.96. The Bertz CT molecular complexity index is 502. The van der Waals surface area contributed by atoms with Crippen LogP contribution < -0.4 is 4.74 Å². The molecule has 4 heteroatoms. The second-order valence-electron chi connectivity index (χ2n) is 3.56. The van der Waals surface area contributed by atoms with Crippen molar-refractivity contribution < 1.29 is 9.84 Å². The predicted octanol–water partition coefficient (Wildman–Crippen LogP) is 2.81. The van der Waals surface area contributed by atoms with E-state index in [0.717, 1.165) is 11.3 Å². The van der Waals surface area contributed by atoms with E-state index in [1.807, 2.05) is 18.2 Å². The first-order valence-electron chi connectivity index (χ1n) is 5.21. The van der Waals surface area contributed by atoms with Crippen molar-refractivity contribution in [3.8, 4) is 5.75 Å². The summed E-state index contributed by atoms with van der Waals surface area (Å²) >= 11 is 5.85. The van der Waals surface area contributed by atoms with E-state index in [-0.39, 0.29) is 6.61 Å². The fraction of sp³-hybridized carbons (Fsp3) is 0.154. The van der Waals surface area contributed by atoms with Crippen LogP contribution in [-0.4, -0.2) is 10.1 Å². The summed E-state index contributed by atoms with van der Waals surface area (Å²) < 4.78 is 5.56. The first-order chi connectivity index (χ1) is 8.28. The Hall–Kier alpha value is -1.58. The highest BCUT2D eigenvalue weighted by Crippen LogP contribution is 2.15. The van der Waals surface area contributed by atoms with Gasteiger partial charge in [0, 0.05) is 11.2 Å². The summed E-state index contributed by atoms with van der Waals surface area (Å²) in [5.74, 6) is 0.707. The van der Waals surface area contributed by atoms with Crippen LogP contribution in [0.4, 0.5) is 0 Å². The molecule has 0 aliphatic heterocycles. The Morgan fingerprint density at radius 2 is 2.12 bits per heavy atom. The molecule has 0 spiro atoms. The Morgan fingerprint density at radius 1 is 1.24 bits per heavy atom. The third kappa shape index (κ3) is 3.44. The van der Waals surface area contributed by atoms with E-state index < -0.39 is 0 Å². The molecule has 0 aliphatic rings. The zero-order valence-electron chi connectivity index (χ0n) is 9.14. The number of aliphatic hydroxyl groups is 1. The average molecular weight is 250 g/mol. The van der Waals surface area contributed by atoms with Gasteiger partial charge in [0.2, 0.25) is 0 Å². The van der Waals surface area contributed by atoms with Gasteiger partial charge >= 0.3 is 0 Å². The molecule has 0 atom stereocenters. The highest BCUT2D eigenvalue weighted by Gasteiger charge is 1.99. The van der Waals surface area contributed by atoms with Crippen LogP contribution in [0.5, 0.6) is 5.75 Å². The number of rotatable bonds is 4. The summed E-state index contributed by atoms with van der Waals surface area (Å²) in [6.07, 6.45) is 1.64. The number of pyridine rings is 1. The molecule has 1 aromatic heterocycles. The van der Waals surface area contributed by atoms with Gasteiger partial charge in [-0.1, -0.05) is 23.7 Å². The lowest BCUT2D eigenvalue weighted by molar-refractivity contribution is 0.277. The van der Waals surface area contributed by atoms with Gasteiger partial charge in [0.15, 0.2) is 0 Å². The maximum Gasteiger partial charge on any atom is 0.130 e. The van der Waals surface area contributed by atoms with Crippen molar-refractivity contribution >= 4 is 11.6 Å². The number of nitrogens with zero attached hydrogens (tertiary/aromatic N) is 1. The van der Waals surface area contributed by atoms with Crippen LogP contribution in [0.25, 0.3) is 0 Å². The molecule has 0 unspecified atom stereocenters. The van der Waals surface area contributed by atoms with E-state index in [9.17, 15) is 0 Å². The van der Waals surface area contributed by atoms with Crippen molar-refractivity contribution in [2.45, 2.75) is 13.2 Å². The van der Waals surface area contributed by atoms with E-state index >= 15 is 0 Å². The molecule has 1 N–H and O–H groups in total. The minimum atomic E-state index is 0.00656. The minimum Gasteiger partial charge on any atom is -0.487 e. The third-order valence-corrected chi connectivity index (χ3v) is 2.48. The number of aromatic nitrogens is 1. The molecule has 88 valence electrons. The van der Waals surface area contributed by atoms with Crippen LogP contribution in [0.2, 0.25) is 5.02 Å². The topological polar surface area (TPSA) is 42.4 Å². The average Bonchev–Trinajstić information content (AvgIpc) is 2.37. The van der Waals surface area contributed by atoms with Crippen molar-refractivity contribution in [3.05, 3.63) is 58.9 Å². The first kappa shape index (κ1) is 11.9. The van der Waals surface area contributed by atoms with Crippen LogP contribution in [0.1, 0.15) is 11.3 Å². The van der Waals surface area contributed by atoms with Gasteiger partial charge in [0.05, 0.1) is 12.3 Å². The SMILES string of the molecule is OCc1cccc(OCc2cc(Cl)ccn2)c1. The first-order valence-corrected chi connectivity index (χ1v) is 5.59. The molecule has 3 nitrogen and oxygen atoms in total. The smallest absolute Gasteiger partial charge is 0.130 e. The van der Waals surface area contributed by atoms with Gasteiger partial charge in [0.1, 0.15) is 12.4 Å². The normalized spacial score (nSPS) is 10.2. The summed E-state index contributed by atoms with van der Waals surface area (Å²) in [6.45, 7) is 0.363. The summed E-state index contributed by atoms with van der Waals surface area (Å²) in [4.78, 5) is 4.14. The Morgan fingerprint density at radius 3 is 2.88 bits per heavy atom. The molecule has 0 saturated heterocycles. The predicted molar refractivity (Wildman–Crippen MR) is 65.9 cm³/mol. The van der Waals surface area contributed by atoms with Crippen molar-refractivity contribution in [2.75, 3.05) is 0 Å². The number of halogens is 1. The van der Waals surface area contributed by atoms with Gasteiger partial charge in [-0.05, 0) is 29.8 Å². The zero-order chi connectivity index (χ0) is 12.1. The van der Waals surface area contributed by atoms with Gasteiger partial charge < -0.3 is 9.84 Å². The summed E-state index contributed by atoms with van der Waals surface area (Å²) in [5.41, 5.74) is 1.59. The second kappa shape index (κ2) is 5.66. The van der Waals surface area contributed by atoms with Gasteiger partial charge in [-0.15, -0.1) is 0 Å². The monoisotopic (exact) mass is 249 g/mol. The molecular weight excluding hydrogens is 238 g/mol. The molecule has 0 radical (unpaired) electrons. The molecule has 1 aromatic carbocycles. The highest BCUT2D eigenvalue weighted by molar-refractivity contribution is 6.30. The fourth-order valence-corrected chi connectivity index (χ4v) is 1.60. The standard InChI is InChI=1S/C13H12ClNO2/c14-11-4-5-15-12(7-11)9-17-13-3-1-2-10(6-13)8-16/h1-7,16H,8-9H2. The van der Waals surface area contributed by atoms with Crippen molar-refractivity contribution in [1.82, 2.24) is 4.98 Å². The summed E-state index contributed by atoms with van der Waals surface area (Å²) in [6, 6.07) is 10.8. The van der Waals surface area contributed by atoms with E-state index in [2.05, 4.69) is 4.98 Å². The number of hydrogen-bond acceptors (Lipinski definition) is 3.